The molecule has 0 aliphatic carbocycles. The minimum atomic E-state index is -4.03. The summed E-state index contributed by atoms with van der Waals surface area (Å²) in [5.74, 6) is 0. The molecule has 0 unspecified atom stereocenters. The Labute approximate surface area is 154 Å². The van der Waals surface area contributed by atoms with Gasteiger partial charge in [-0.05, 0) is 36.8 Å². The summed E-state index contributed by atoms with van der Waals surface area (Å²) < 4.78 is 50.9. The number of benzene rings is 2. The number of nitrogens with two attached hydrogens (primary N) is 1. The lowest BCUT2D eigenvalue weighted by molar-refractivity contribution is 0.145. The van der Waals surface area contributed by atoms with Crippen molar-refractivity contribution < 1.29 is 22.3 Å². The highest BCUT2D eigenvalue weighted by Crippen LogP contribution is 2.29. The predicted octanol–water partition coefficient (Wildman–Crippen LogP) is 2.93. The largest absolute Gasteiger partial charge is 0.392 e. The number of aryl methyl sites for hydroxylation is 1. The molecule has 0 atom stereocenters. The van der Waals surface area contributed by atoms with Gasteiger partial charge in [-0.3, -0.25) is 0 Å². The Balaban J connectivity index is 2.20. The molecule has 2 aromatic carbocycles. The molecule has 0 spiro atoms. The van der Waals surface area contributed by atoms with E-state index in [-0.39, 0.29) is 10.5 Å². The first-order valence-electron chi connectivity index (χ1n) is 7.93. The third kappa shape index (κ3) is 3.90. The molecule has 0 aliphatic rings. The first-order chi connectivity index (χ1) is 12.7. The summed E-state index contributed by atoms with van der Waals surface area (Å²) >= 11 is 0. The van der Waals surface area contributed by atoms with Crippen LogP contribution in [0.3, 0.4) is 0 Å². The number of aliphatic hydroxyl groups is 1. The summed E-state index contributed by atoms with van der Waals surface area (Å²) in [6, 6.07) is 12.5. The first-order valence-corrected chi connectivity index (χ1v) is 9.47. The van der Waals surface area contributed by atoms with Crippen molar-refractivity contribution in [3.05, 3.63) is 65.4 Å². The van der Waals surface area contributed by atoms with Crippen molar-refractivity contribution in [3.63, 3.8) is 0 Å². The number of aliphatic hydroxyl groups excluding tert-OH is 1. The number of hydrogen-bond donors (Lipinski definition) is 2. The van der Waals surface area contributed by atoms with E-state index in [9.17, 15) is 22.3 Å². The topological polar surface area (TPSA) is 98.2 Å². The Morgan fingerprint density at radius 3 is 2.37 bits per heavy atom. The van der Waals surface area contributed by atoms with Gasteiger partial charge in [0.25, 0.3) is 6.43 Å². The van der Waals surface area contributed by atoms with E-state index in [1.807, 2.05) is 19.1 Å². The van der Waals surface area contributed by atoms with Crippen LogP contribution >= 0.6 is 0 Å². The van der Waals surface area contributed by atoms with Gasteiger partial charge in [0, 0.05) is 5.56 Å². The average Bonchev–Trinajstić information content (AvgIpc) is 3.06. The molecule has 0 fully saturated rings. The number of rotatable bonds is 5. The maximum atomic E-state index is 13.2. The zero-order chi connectivity index (χ0) is 19.8. The van der Waals surface area contributed by atoms with Gasteiger partial charge in [0.2, 0.25) is 10.0 Å². The summed E-state index contributed by atoms with van der Waals surface area (Å²) in [4.78, 5) is -0.230. The summed E-state index contributed by atoms with van der Waals surface area (Å²) in [5.41, 5.74) is 2.07. The van der Waals surface area contributed by atoms with E-state index < -0.39 is 28.7 Å². The smallest absolute Gasteiger partial charge is 0.282 e. The van der Waals surface area contributed by atoms with E-state index in [4.69, 9.17) is 5.14 Å². The molecular formula is C18H17F2N3O3S. The normalized spacial score (nSPS) is 11.9. The molecule has 1 heterocycles. The van der Waals surface area contributed by atoms with Crippen molar-refractivity contribution in [3.8, 4) is 16.9 Å². The van der Waals surface area contributed by atoms with Crippen molar-refractivity contribution in [2.24, 2.45) is 5.14 Å². The van der Waals surface area contributed by atoms with Crippen LogP contribution in [-0.2, 0) is 16.6 Å². The van der Waals surface area contributed by atoms with Crippen LogP contribution in [0.2, 0.25) is 0 Å². The quantitative estimate of drug-likeness (QED) is 0.696. The van der Waals surface area contributed by atoms with E-state index >= 15 is 0 Å². The van der Waals surface area contributed by atoms with Crippen molar-refractivity contribution in [1.29, 1.82) is 0 Å². The van der Waals surface area contributed by atoms with E-state index in [1.54, 1.807) is 12.1 Å². The van der Waals surface area contributed by atoms with E-state index in [2.05, 4.69) is 5.10 Å². The second-order valence-corrected chi connectivity index (χ2v) is 7.56. The summed E-state index contributed by atoms with van der Waals surface area (Å²) in [5, 5.41) is 18.6. The fourth-order valence-electron chi connectivity index (χ4n) is 2.73. The summed E-state index contributed by atoms with van der Waals surface area (Å²) in [6.07, 6.45) is -2.77. The highest BCUT2D eigenvalue weighted by molar-refractivity contribution is 7.89. The lowest BCUT2D eigenvalue weighted by Crippen LogP contribution is -2.15. The first kappa shape index (κ1) is 19.2. The maximum Gasteiger partial charge on any atom is 0.282 e. The molecule has 6 nitrogen and oxygen atoms in total. The fourth-order valence-corrected chi connectivity index (χ4v) is 3.48. The van der Waals surface area contributed by atoms with Crippen LogP contribution in [0.15, 0.2) is 53.4 Å². The molecule has 1 aromatic heterocycles. The second-order valence-electron chi connectivity index (χ2n) is 6.03. The lowest BCUT2D eigenvalue weighted by Gasteiger charge is -2.11. The van der Waals surface area contributed by atoms with Gasteiger partial charge in [-0.2, -0.15) is 5.10 Å². The minimum Gasteiger partial charge on any atom is -0.392 e. The Kier molecular flexibility index (Phi) is 5.09. The van der Waals surface area contributed by atoms with Crippen LogP contribution in [0.25, 0.3) is 16.9 Å². The third-order valence-corrected chi connectivity index (χ3v) is 5.08. The highest BCUT2D eigenvalue weighted by Gasteiger charge is 2.20. The Bertz CT molecular complexity index is 1080. The van der Waals surface area contributed by atoms with Crippen molar-refractivity contribution >= 4 is 10.0 Å². The van der Waals surface area contributed by atoms with Crippen LogP contribution < -0.4 is 5.14 Å². The van der Waals surface area contributed by atoms with Gasteiger partial charge in [0.1, 0.15) is 5.69 Å². The molecule has 0 amide bonds. The lowest BCUT2D eigenvalue weighted by atomic mass is 10.1. The second kappa shape index (κ2) is 7.18. The SMILES string of the molecule is Cc1ccc(-c2cc(C(F)F)nn2-c2ccc(S(N)(=O)=O)c(CO)c2)cc1. The van der Waals surface area contributed by atoms with Gasteiger partial charge in [-0.15, -0.1) is 0 Å². The van der Waals surface area contributed by atoms with Gasteiger partial charge in [-0.1, -0.05) is 29.8 Å². The number of sulfonamides is 1. The minimum absolute atomic E-state index is 0.0546. The van der Waals surface area contributed by atoms with E-state index in [1.165, 1.54) is 28.9 Å². The molecule has 3 aromatic rings. The standard InChI is InChI=1S/C18H17F2N3O3S/c1-11-2-4-12(5-3-11)16-9-15(18(19)20)22-23(16)14-6-7-17(27(21,25)26)13(8-14)10-24/h2-9,18,24H,10H2,1H3,(H2,21,25,26). The van der Waals surface area contributed by atoms with Gasteiger partial charge < -0.3 is 5.11 Å². The zero-order valence-corrected chi connectivity index (χ0v) is 15.1. The van der Waals surface area contributed by atoms with Crippen LogP contribution in [0.5, 0.6) is 0 Å². The van der Waals surface area contributed by atoms with Crippen LogP contribution in [0, 0.1) is 6.92 Å². The Morgan fingerprint density at radius 2 is 1.81 bits per heavy atom. The molecule has 27 heavy (non-hydrogen) atoms. The number of hydrogen-bond acceptors (Lipinski definition) is 4. The van der Waals surface area contributed by atoms with Crippen LogP contribution in [0.1, 0.15) is 23.2 Å². The number of aromatic nitrogens is 2. The van der Waals surface area contributed by atoms with Crippen LogP contribution in [-0.4, -0.2) is 23.3 Å². The number of halogens is 2. The molecule has 142 valence electrons. The Morgan fingerprint density at radius 1 is 1.15 bits per heavy atom. The maximum absolute atomic E-state index is 13.2. The highest BCUT2D eigenvalue weighted by atomic mass is 32.2. The number of nitrogens with zero attached hydrogens (tertiary/aromatic N) is 2. The van der Waals surface area contributed by atoms with Crippen molar-refractivity contribution in [1.82, 2.24) is 9.78 Å². The molecule has 3 N–H and O–H groups in total. The van der Waals surface area contributed by atoms with E-state index in [0.29, 0.717) is 16.9 Å². The van der Waals surface area contributed by atoms with Crippen molar-refractivity contribution in [2.45, 2.75) is 24.9 Å². The Hall–Kier alpha value is -2.62. The van der Waals surface area contributed by atoms with Crippen molar-refractivity contribution in [2.75, 3.05) is 0 Å². The summed E-state index contributed by atoms with van der Waals surface area (Å²) in [6.45, 7) is 1.33. The third-order valence-electron chi connectivity index (χ3n) is 4.06. The molecule has 0 saturated carbocycles. The van der Waals surface area contributed by atoms with Gasteiger partial charge in [0.15, 0.2) is 0 Å². The zero-order valence-electron chi connectivity index (χ0n) is 14.3. The molecule has 9 heteroatoms. The predicted molar refractivity (Wildman–Crippen MR) is 96.0 cm³/mol. The monoisotopic (exact) mass is 393 g/mol. The molecule has 0 saturated heterocycles. The molecule has 3 rings (SSSR count). The summed E-state index contributed by atoms with van der Waals surface area (Å²) in [7, 11) is -4.03. The molecule has 0 aliphatic heterocycles. The average molecular weight is 393 g/mol. The van der Waals surface area contributed by atoms with Gasteiger partial charge in [0.05, 0.1) is 22.9 Å². The van der Waals surface area contributed by atoms with E-state index in [0.717, 1.165) is 5.56 Å². The fraction of sp³-hybridized carbons (Fsp3) is 0.167. The van der Waals surface area contributed by atoms with Gasteiger partial charge in [-0.25, -0.2) is 27.0 Å². The molecule has 0 bridgehead atoms. The van der Waals surface area contributed by atoms with Gasteiger partial charge >= 0.3 is 0 Å². The van der Waals surface area contributed by atoms with Crippen LogP contribution in [0.4, 0.5) is 8.78 Å². The number of primary sulfonamides is 1. The molecule has 0 radical (unpaired) electrons. The molecular weight excluding hydrogens is 376 g/mol. The number of alkyl halides is 2.